The van der Waals surface area contributed by atoms with Crippen molar-refractivity contribution in [1.29, 1.82) is 0 Å². The molecule has 1 atom stereocenters. The third-order valence-electron chi connectivity index (χ3n) is 3.07. The van der Waals surface area contributed by atoms with Gasteiger partial charge in [0.05, 0.1) is 4.47 Å². The molecule has 0 bridgehead atoms. The van der Waals surface area contributed by atoms with Crippen molar-refractivity contribution in [3.63, 3.8) is 0 Å². The molecular weight excluding hydrogens is 289 g/mol. The zero-order valence-corrected chi connectivity index (χ0v) is 11.6. The second kappa shape index (κ2) is 5.32. The van der Waals surface area contributed by atoms with E-state index in [1.807, 2.05) is 0 Å². The highest BCUT2D eigenvalue weighted by atomic mass is 79.9. The van der Waals surface area contributed by atoms with E-state index in [1.54, 1.807) is 6.20 Å². The van der Waals surface area contributed by atoms with E-state index in [2.05, 4.69) is 37.7 Å². The first-order valence-corrected chi connectivity index (χ1v) is 6.84. The SMILES string of the molecule is CCC1CCCCN1c1nc(Cl)ncc1Br. The summed E-state index contributed by atoms with van der Waals surface area (Å²) in [6.45, 7) is 3.28. The fourth-order valence-corrected chi connectivity index (χ4v) is 2.79. The van der Waals surface area contributed by atoms with Gasteiger partial charge in [0.15, 0.2) is 0 Å². The number of hydrogen-bond acceptors (Lipinski definition) is 3. The maximum absolute atomic E-state index is 5.86. The zero-order chi connectivity index (χ0) is 11.5. The highest BCUT2D eigenvalue weighted by Crippen LogP contribution is 2.30. The third-order valence-corrected chi connectivity index (χ3v) is 3.81. The average Bonchev–Trinajstić information content (AvgIpc) is 2.32. The molecule has 0 aliphatic carbocycles. The number of piperidine rings is 1. The van der Waals surface area contributed by atoms with Crippen LogP contribution in [0, 0.1) is 0 Å². The molecule has 0 aromatic carbocycles. The number of hydrogen-bond donors (Lipinski definition) is 0. The Hall–Kier alpha value is -0.350. The molecule has 88 valence electrons. The fraction of sp³-hybridized carbons (Fsp3) is 0.636. The van der Waals surface area contributed by atoms with Crippen LogP contribution in [0.5, 0.6) is 0 Å². The summed E-state index contributed by atoms with van der Waals surface area (Å²) in [6, 6.07) is 0.580. The molecule has 1 aliphatic heterocycles. The molecule has 0 N–H and O–H groups in total. The Labute approximate surface area is 109 Å². The van der Waals surface area contributed by atoms with E-state index in [0.717, 1.165) is 23.3 Å². The Morgan fingerprint density at radius 2 is 2.38 bits per heavy atom. The van der Waals surface area contributed by atoms with Gasteiger partial charge < -0.3 is 4.90 Å². The van der Waals surface area contributed by atoms with Crippen LogP contribution < -0.4 is 4.90 Å². The molecule has 0 saturated carbocycles. The number of aromatic nitrogens is 2. The van der Waals surface area contributed by atoms with Gasteiger partial charge in [-0.15, -0.1) is 0 Å². The van der Waals surface area contributed by atoms with Crippen molar-refractivity contribution in [3.05, 3.63) is 16.0 Å². The molecule has 0 spiro atoms. The van der Waals surface area contributed by atoms with Crippen LogP contribution in [0.3, 0.4) is 0 Å². The first kappa shape index (κ1) is 12.1. The molecule has 2 heterocycles. The molecule has 3 nitrogen and oxygen atoms in total. The lowest BCUT2D eigenvalue weighted by Crippen LogP contribution is -2.39. The molecule has 1 fully saturated rings. The Kier molecular flexibility index (Phi) is 4.03. The van der Waals surface area contributed by atoms with Crippen LogP contribution in [0.2, 0.25) is 5.28 Å². The number of halogens is 2. The summed E-state index contributed by atoms with van der Waals surface area (Å²) in [4.78, 5) is 10.6. The lowest BCUT2D eigenvalue weighted by Gasteiger charge is -2.36. The molecule has 2 rings (SSSR count). The van der Waals surface area contributed by atoms with Gasteiger partial charge in [-0.2, -0.15) is 4.98 Å². The van der Waals surface area contributed by atoms with Gasteiger partial charge in [-0.05, 0) is 53.2 Å². The smallest absolute Gasteiger partial charge is 0.224 e. The van der Waals surface area contributed by atoms with Crippen LogP contribution >= 0.6 is 27.5 Å². The largest absolute Gasteiger partial charge is 0.353 e. The number of rotatable bonds is 2. The van der Waals surface area contributed by atoms with Crippen LogP contribution in [0.4, 0.5) is 5.82 Å². The van der Waals surface area contributed by atoms with Gasteiger partial charge in [0, 0.05) is 18.8 Å². The Morgan fingerprint density at radius 3 is 3.12 bits per heavy atom. The summed E-state index contributed by atoms with van der Waals surface area (Å²) in [5.41, 5.74) is 0. The first-order chi connectivity index (χ1) is 7.72. The fourth-order valence-electron chi connectivity index (χ4n) is 2.24. The summed E-state index contributed by atoms with van der Waals surface area (Å²) >= 11 is 9.35. The lowest BCUT2D eigenvalue weighted by molar-refractivity contribution is 0.446. The second-order valence-corrected chi connectivity index (χ2v) is 5.25. The zero-order valence-electron chi connectivity index (χ0n) is 9.29. The molecule has 1 aromatic heterocycles. The minimum Gasteiger partial charge on any atom is -0.353 e. The van der Waals surface area contributed by atoms with Crippen LogP contribution in [0.25, 0.3) is 0 Å². The Balaban J connectivity index is 2.30. The van der Waals surface area contributed by atoms with Crippen molar-refractivity contribution in [3.8, 4) is 0 Å². The predicted molar refractivity (Wildman–Crippen MR) is 70.0 cm³/mol. The lowest BCUT2D eigenvalue weighted by atomic mass is 10.0. The Bertz CT molecular complexity index is 372. The second-order valence-electron chi connectivity index (χ2n) is 4.06. The van der Waals surface area contributed by atoms with Crippen LogP contribution in [0.1, 0.15) is 32.6 Å². The minimum atomic E-state index is 0.318. The molecule has 1 saturated heterocycles. The van der Waals surface area contributed by atoms with Gasteiger partial charge in [0.25, 0.3) is 0 Å². The van der Waals surface area contributed by atoms with Crippen molar-refractivity contribution in [2.45, 2.75) is 38.6 Å². The quantitative estimate of drug-likeness (QED) is 0.781. The standard InChI is InChI=1S/C11H15BrClN3/c1-2-8-5-3-4-6-16(8)10-9(12)7-14-11(13)15-10/h7-8H,2-6H2,1H3. The highest BCUT2D eigenvalue weighted by molar-refractivity contribution is 9.10. The van der Waals surface area contributed by atoms with Gasteiger partial charge in [0.2, 0.25) is 5.28 Å². The minimum absolute atomic E-state index is 0.318. The van der Waals surface area contributed by atoms with Crippen molar-refractivity contribution < 1.29 is 0 Å². The van der Waals surface area contributed by atoms with Gasteiger partial charge in [-0.25, -0.2) is 4.98 Å². The van der Waals surface area contributed by atoms with Crippen molar-refractivity contribution >= 4 is 33.3 Å². The summed E-state index contributed by atoms with van der Waals surface area (Å²) in [5, 5.41) is 0.318. The summed E-state index contributed by atoms with van der Waals surface area (Å²) < 4.78 is 0.928. The normalized spacial score (nSPS) is 21.2. The molecular formula is C11H15BrClN3. The number of anilines is 1. The molecule has 1 aromatic rings. The van der Waals surface area contributed by atoms with E-state index in [4.69, 9.17) is 11.6 Å². The van der Waals surface area contributed by atoms with Crippen molar-refractivity contribution in [2.24, 2.45) is 0 Å². The van der Waals surface area contributed by atoms with Gasteiger partial charge in [-0.3, -0.25) is 0 Å². The van der Waals surface area contributed by atoms with Gasteiger partial charge >= 0.3 is 0 Å². The van der Waals surface area contributed by atoms with Gasteiger partial charge in [-0.1, -0.05) is 6.92 Å². The topological polar surface area (TPSA) is 29.0 Å². The van der Waals surface area contributed by atoms with E-state index in [9.17, 15) is 0 Å². The molecule has 5 heteroatoms. The molecule has 16 heavy (non-hydrogen) atoms. The number of nitrogens with zero attached hydrogens (tertiary/aromatic N) is 3. The monoisotopic (exact) mass is 303 g/mol. The third kappa shape index (κ3) is 2.48. The first-order valence-electron chi connectivity index (χ1n) is 5.67. The van der Waals surface area contributed by atoms with Crippen LogP contribution in [0.15, 0.2) is 10.7 Å². The van der Waals surface area contributed by atoms with E-state index in [1.165, 1.54) is 19.3 Å². The highest BCUT2D eigenvalue weighted by Gasteiger charge is 2.24. The van der Waals surface area contributed by atoms with E-state index >= 15 is 0 Å². The van der Waals surface area contributed by atoms with E-state index < -0.39 is 0 Å². The Morgan fingerprint density at radius 1 is 1.56 bits per heavy atom. The molecule has 1 aliphatic rings. The molecule has 0 amide bonds. The summed E-state index contributed by atoms with van der Waals surface area (Å²) in [6.07, 6.45) is 6.65. The maximum atomic E-state index is 5.86. The summed E-state index contributed by atoms with van der Waals surface area (Å²) in [5.74, 6) is 0.937. The van der Waals surface area contributed by atoms with Crippen molar-refractivity contribution in [1.82, 2.24) is 9.97 Å². The average molecular weight is 305 g/mol. The maximum Gasteiger partial charge on any atom is 0.224 e. The van der Waals surface area contributed by atoms with Crippen LogP contribution in [-0.2, 0) is 0 Å². The molecule has 0 radical (unpaired) electrons. The summed E-state index contributed by atoms with van der Waals surface area (Å²) in [7, 11) is 0. The van der Waals surface area contributed by atoms with Gasteiger partial charge in [0.1, 0.15) is 5.82 Å². The van der Waals surface area contributed by atoms with E-state index in [0.29, 0.717) is 11.3 Å². The van der Waals surface area contributed by atoms with Crippen LogP contribution in [-0.4, -0.2) is 22.6 Å². The predicted octanol–water partition coefficient (Wildman–Crippen LogP) is 3.66. The molecule has 1 unspecified atom stereocenters. The van der Waals surface area contributed by atoms with E-state index in [-0.39, 0.29) is 0 Å². The van der Waals surface area contributed by atoms with Crippen molar-refractivity contribution in [2.75, 3.05) is 11.4 Å².